The highest BCUT2D eigenvalue weighted by molar-refractivity contribution is 6.43. The van der Waals surface area contributed by atoms with E-state index in [0.29, 0.717) is 0 Å². The summed E-state index contributed by atoms with van der Waals surface area (Å²) in [7, 11) is -0.0324. The van der Waals surface area contributed by atoms with Crippen molar-refractivity contribution in [2.24, 2.45) is 0 Å². The van der Waals surface area contributed by atoms with Gasteiger partial charge in [-0.25, -0.2) is 0 Å². The summed E-state index contributed by atoms with van der Waals surface area (Å²) in [6, 6.07) is 0. The van der Waals surface area contributed by atoms with Crippen LogP contribution in [0.4, 0.5) is 0 Å². The molecule has 1 fully saturated rings. The fourth-order valence-electron chi connectivity index (χ4n) is 1.00. The van der Waals surface area contributed by atoms with Gasteiger partial charge in [-0.15, -0.1) is 0 Å². The quantitative estimate of drug-likeness (QED) is 0.458. The van der Waals surface area contributed by atoms with Crippen LogP contribution in [0.15, 0.2) is 0 Å². The molecule has 52 valence electrons. The molecular weight excluding hydrogens is 115 g/mol. The van der Waals surface area contributed by atoms with Gasteiger partial charge in [0.15, 0.2) is 0 Å². The summed E-state index contributed by atoms with van der Waals surface area (Å²) < 4.78 is 10.8. The lowest BCUT2D eigenvalue weighted by atomic mass is 9.96. The van der Waals surface area contributed by atoms with Gasteiger partial charge in [-0.2, -0.15) is 0 Å². The molecule has 0 saturated carbocycles. The minimum absolute atomic E-state index is 0.0324. The van der Waals surface area contributed by atoms with Crippen LogP contribution >= 0.6 is 0 Å². The molecule has 1 rings (SSSR count). The maximum Gasteiger partial charge on any atom is 0.454 e. The lowest BCUT2D eigenvalue weighted by Crippen LogP contribution is -2.30. The summed E-state index contributed by atoms with van der Waals surface area (Å²) in [6.07, 6.45) is 0.215. The monoisotopic (exact) mass is 128 g/mol. The second-order valence-corrected chi connectivity index (χ2v) is 3.07. The van der Waals surface area contributed by atoms with Crippen LogP contribution in [0.5, 0.6) is 0 Å². The van der Waals surface area contributed by atoms with E-state index in [2.05, 4.69) is 0 Å². The first-order chi connectivity index (χ1) is 4.02. The van der Waals surface area contributed by atoms with Gasteiger partial charge in [-0.05, 0) is 27.6 Å². The number of hydrogen-bond donors (Lipinski definition) is 0. The predicted molar refractivity (Wildman–Crippen MR) is 37.3 cm³/mol. The lowest BCUT2D eigenvalue weighted by molar-refractivity contribution is 0.0841. The molecule has 3 heteroatoms. The zero-order valence-electron chi connectivity index (χ0n) is 6.47. The summed E-state index contributed by atoms with van der Waals surface area (Å²) >= 11 is 0. The Kier molecular flexibility index (Phi) is 1.57. The number of rotatable bonds is 0. The third-order valence-corrected chi connectivity index (χ3v) is 1.84. The van der Waals surface area contributed by atoms with E-state index < -0.39 is 0 Å². The van der Waals surface area contributed by atoms with Gasteiger partial charge < -0.3 is 9.31 Å². The third kappa shape index (κ3) is 1.27. The van der Waals surface area contributed by atoms with Crippen LogP contribution in [0.2, 0.25) is 6.82 Å². The molecule has 1 unspecified atom stereocenters. The SMILES string of the molecule is CB1OC(C)C(C)(C)O1. The fourth-order valence-corrected chi connectivity index (χ4v) is 1.00. The Morgan fingerprint density at radius 1 is 1.44 bits per heavy atom. The Morgan fingerprint density at radius 2 is 2.00 bits per heavy atom. The van der Waals surface area contributed by atoms with Gasteiger partial charge in [0.2, 0.25) is 0 Å². The smallest absolute Gasteiger partial charge is 0.406 e. The molecule has 1 heterocycles. The Morgan fingerprint density at radius 3 is 2.11 bits per heavy atom. The zero-order valence-corrected chi connectivity index (χ0v) is 6.47. The van der Waals surface area contributed by atoms with E-state index in [9.17, 15) is 0 Å². The summed E-state index contributed by atoms with van der Waals surface area (Å²) in [5.41, 5.74) is -0.0978. The van der Waals surface area contributed by atoms with E-state index in [1.165, 1.54) is 0 Å². The van der Waals surface area contributed by atoms with Gasteiger partial charge in [0, 0.05) is 0 Å². The van der Waals surface area contributed by atoms with Crippen molar-refractivity contribution in [1.82, 2.24) is 0 Å². The van der Waals surface area contributed by atoms with E-state index in [0.717, 1.165) is 0 Å². The van der Waals surface area contributed by atoms with Crippen LogP contribution in [-0.2, 0) is 9.31 Å². The molecule has 0 radical (unpaired) electrons. The molecule has 0 bridgehead atoms. The third-order valence-electron chi connectivity index (χ3n) is 1.84. The van der Waals surface area contributed by atoms with Gasteiger partial charge in [0.25, 0.3) is 0 Å². The van der Waals surface area contributed by atoms with Crippen LogP contribution < -0.4 is 0 Å². The minimum Gasteiger partial charge on any atom is -0.406 e. The van der Waals surface area contributed by atoms with Gasteiger partial charge in [0.05, 0.1) is 11.7 Å². The molecule has 1 aliphatic heterocycles. The average molecular weight is 128 g/mol. The Bertz CT molecular complexity index is 114. The molecule has 0 aromatic carbocycles. The van der Waals surface area contributed by atoms with E-state index in [1.54, 1.807) is 0 Å². The largest absolute Gasteiger partial charge is 0.454 e. The molecule has 0 aromatic heterocycles. The van der Waals surface area contributed by atoms with Gasteiger partial charge in [-0.1, -0.05) is 0 Å². The highest BCUT2D eigenvalue weighted by atomic mass is 16.7. The van der Waals surface area contributed by atoms with Gasteiger partial charge >= 0.3 is 7.12 Å². The summed E-state index contributed by atoms with van der Waals surface area (Å²) in [4.78, 5) is 0. The molecule has 1 saturated heterocycles. The first-order valence-electron chi connectivity index (χ1n) is 3.35. The second-order valence-electron chi connectivity index (χ2n) is 3.07. The van der Waals surface area contributed by atoms with Crippen LogP contribution in [0.25, 0.3) is 0 Å². The van der Waals surface area contributed by atoms with Crippen LogP contribution in [0.1, 0.15) is 20.8 Å². The molecular formula is C6H13BO2. The molecule has 1 aliphatic rings. The van der Waals surface area contributed by atoms with Crippen molar-refractivity contribution in [2.75, 3.05) is 0 Å². The number of hydrogen-bond acceptors (Lipinski definition) is 2. The topological polar surface area (TPSA) is 18.5 Å². The molecule has 0 aromatic rings. The average Bonchev–Trinajstić information content (AvgIpc) is 1.79. The Hall–Kier alpha value is -0.0151. The van der Waals surface area contributed by atoms with Crippen molar-refractivity contribution < 1.29 is 9.31 Å². The highest BCUT2D eigenvalue weighted by Gasteiger charge is 2.39. The van der Waals surface area contributed by atoms with Crippen molar-refractivity contribution in [2.45, 2.75) is 39.3 Å². The van der Waals surface area contributed by atoms with Crippen molar-refractivity contribution in [3.63, 3.8) is 0 Å². The van der Waals surface area contributed by atoms with Crippen molar-refractivity contribution in [1.29, 1.82) is 0 Å². The van der Waals surface area contributed by atoms with E-state index in [1.807, 2.05) is 27.6 Å². The normalized spacial score (nSPS) is 33.3. The first-order valence-corrected chi connectivity index (χ1v) is 3.35. The zero-order chi connectivity index (χ0) is 7.07. The molecule has 1 atom stereocenters. The summed E-state index contributed by atoms with van der Waals surface area (Å²) in [5, 5.41) is 0. The van der Waals surface area contributed by atoms with Crippen LogP contribution in [-0.4, -0.2) is 18.8 Å². The molecule has 0 amide bonds. The summed E-state index contributed by atoms with van der Waals surface area (Å²) in [5.74, 6) is 0. The predicted octanol–water partition coefficient (Wildman–Crippen LogP) is 1.32. The molecule has 9 heavy (non-hydrogen) atoms. The molecule has 2 nitrogen and oxygen atoms in total. The maximum atomic E-state index is 5.44. The fraction of sp³-hybridized carbons (Fsp3) is 1.00. The first kappa shape index (κ1) is 7.10. The van der Waals surface area contributed by atoms with Gasteiger partial charge in [0.1, 0.15) is 0 Å². The maximum absolute atomic E-state index is 5.44. The molecule has 0 N–H and O–H groups in total. The van der Waals surface area contributed by atoms with Crippen LogP contribution in [0, 0.1) is 0 Å². The minimum atomic E-state index is -0.0978. The second kappa shape index (κ2) is 1.99. The van der Waals surface area contributed by atoms with E-state index in [-0.39, 0.29) is 18.8 Å². The van der Waals surface area contributed by atoms with Crippen molar-refractivity contribution in [3.05, 3.63) is 0 Å². The standard InChI is InChI=1S/C6H13BO2/c1-5-6(2,3)9-7(4)8-5/h5H,1-4H3. The lowest BCUT2D eigenvalue weighted by Gasteiger charge is -2.21. The molecule has 0 aliphatic carbocycles. The van der Waals surface area contributed by atoms with Crippen LogP contribution in [0.3, 0.4) is 0 Å². The highest BCUT2D eigenvalue weighted by Crippen LogP contribution is 2.26. The van der Waals surface area contributed by atoms with Crippen molar-refractivity contribution in [3.8, 4) is 0 Å². The molecule has 0 spiro atoms. The van der Waals surface area contributed by atoms with Crippen molar-refractivity contribution >= 4 is 7.12 Å². The van der Waals surface area contributed by atoms with E-state index in [4.69, 9.17) is 9.31 Å². The Balaban J connectivity index is 2.58. The summed E-state index contributed by atoms with van der Waals surface area (Å²) in [6.45, 7) is 8.04. The Labute approximate surface area is 56.7 Å². The van der Waals surface area contributed by atoms with E-state index >= 15 is 0 Å². The van der Waals surface area contributed by atoms with Gasteiger partial charge in [-0.3, -0.25) is 0 Å².